The Hall–Kier alpha value is -0.870. The van der Waals surface area contributed by atoms with Gasteiger partial charge in [0.1, 0.15) is 5.25 Å². The second-order valence-corrected chi connectivity index (χ2v) is 14.8. The maximum Gasteiger partial charge on any atom is 0.164 e. The van der Waals surface area contributed by atoms with Crippen LogP contribution in [0.4, 0.5) is 0 Å². The molecule has 1 N–H and O–H groups in total. The van der Waals surface area contributed by atoms with Crippen molar-refractivity contribution < 1.29 is 13.5 Å². The van der Waals surface area contributed by atoms with Crippen molar-refractivity contribution in [2.75, 3.05) is 5.75 Å². The van der Waals surface area contributed by atoms with Gasteiger partial charge in [-0.1, -0.05) is 57.1 Å². The first-order valence-corrected chi connectivity index (χ1v) is 15.3. The van der Waals surface area contributed by atoms with Crippen LogP contribution in [-0.2, 0) is 9.84 Å². The summed E-state index contributed by atoms with van der Waals surface area (Å²) < 4.78 is 26.6. The number of aliphatic hydroxyl groups excluding tert-OH is 1. The molecule has 3 fully saturated rings. The highest BCUT2D eigenvalue weighted by Crippen LogP contribution is 2.60. The molecule has 4 aliphatic carbocycles. The smallest absolute Gasteiger partial charge is 0.164 e. The second-order valence-electron chi connectivity index (χ2n) is 12.6. The van der Waals surface area contributed by atoms with E-state index in [9.17, 15) is 13.5 Å². The summed E-state index contributed by atoms with van der Waals surface area (Å²) in [6.45, 7) is 9.31. The molecular formula is C29H44O3S. The molecule has 0 aromatic rings. The molecule has 0 amide bonds. The van der Waals surface area contributed by atoms with Crippen LogP contribution in [-0.4, -0.2) is 30.6 Å². The third kappa shape index (κ3) is 4.33. The van der Waals surface area contributed by atoms with Gasteiger partial charge in [-0.25, -0.2) is 8.42 Å². The summed E-state index contributed by atoms with van der Waals surface area (Å²) in [4.78, 5) is 0. The minimum Gasteiger partial charge on any atom is -0.389 e. The predicted octanol–water partition coefficient (Wildman–Crippen LogP) is 6.25. The third-order valence-corrected chi connectivity index (χ3v) is 12.1. The number of sulfone groups is 1. The van der Waals surface area contributed by atoms with Gasteiger partial charge in [0.2, 0.25) is 0 Å². The molecule has 5 rings (SSSR count). The predicted molar refractivity (Wildman–Crippen MR) is 135 cm³/mol. The van der Waals surface area contributed by atoms with Crippen LogP contribution in [0.5, 0.6) is 0 Å². The summed E-state index contributed by atoms with van der Waals surface area (Å²) in [6, 6.07) is 0. The maximum absolute atomic E-state index is 13.3. The van der Waals surface area contributed by atoms with Gasteiger partial charge in [0, 0.05) is 0 Å². The van der Waals surface area contributed by atoms with E-state index in [1.165, 1.54) is 42.4 Å². The number of hydrogen-bond acceptors (Lipinski definition) is 3. The summed E-state index contributed by atoms with van der Waals surface area (Å²) in [5, 5.41) is 9.94. The average Bonchev–Trinajstić information content (AvgIpc) is 3.48. The van der Waals surface area contributed by atoms with E-state index in [1.807, 2.05) is 0 Å². The standard InChI is InChI=1S/C29H44O3S/c1-18-14-20(3)24-17-33(31,32)28(23(24)15-18)16-22-6-5-13-29(4)25(10-11-26(22)29)19(2)7-12-27(30)21-8-9-21/h7,12,16,18-21,25-28,30H,5-6,8-11,13-15,17H2,1-4H3/b12-7+,22-16+/t18-,19+,20-,25-,26-,27-,28-,29+/m0/s1. The highest BCUT2D eigenvalue weighted by molar-refractivity contribution is 7.92. The molecule has 1 heterocycles. The molecule has 4 heteroatoms. The summed E-state index contributed by atoms with van der Waals surface area (Å²) in [5.41, 5.74) is 4.17. The minimum atomic E-state index is -3.11. The Balaban J connectivity index is 1.39. The van der Waals surface area contributed by atoms with Crippen molar-refractivity contribution in [1.29, 1.82) is 0 Å². The zero-order valence-electron chi connectivity index (χ0n) is 21.1. The molecule has 3 nitrogen and oxygen atoms in total. The quantitative estimate of drug-likeness (QED) is 0.481. The Morgan fingerprint density at radius 1 is 1.09 bits per heavy atom. The normalized spacial score (nSPS) is 43.7. The highest BCUT2D eigenvalue weighted by atomic mass is 32.2. The number of hydrogen-bond donors (Lipinski definition) is 1. The number of rotatable bonds is 5. The lowest BCUT2D eigenvalue weighted by Gasteiger charge is -2.44. The Kier molecular flexibility index (Phi) is 6.26. The van der Waals surface area contributed by atoms with Crippen LogP contribution in [0.15, 0.2) is 34.9 Å². The fraction of sp³-hybridized carbons (Fsp3) is 0.793. The van der Waals surface area contributed by atoms with Gasteiger partial charge >= 0.3 is 0 Å². The zero-order valence-corrected chi connectivity index (χ0v) is 21.9. The van der Waals surface area contributed by atoms with Crippen LogP contribution >= 0.6 is 0 Å². The topological polar surface area (TPSA) is 54.4 Å². The van der Waals surface area contributed by atoms with Crippen molar-refractivity contribution in [2.24, 2.45) is 40.9 Å². The molecular weight excluding hydrogens is 428 g/mol. The molecule has 3 saturated carbocycles. The van der Waals surface area contributed by atoms with Crippen molar-refractivity contribution >= 4 is 9.84 Å². The van der Waals surface area contributed by atoms with E-state index < -0.39 is 9.84 Å². The first-order valence-electron chi connectivity index (χ1n) is 13.6. The first-order chi connectivity index (χ1) is 15.6. The van der Waals surface area contributed by atoms with Crippen LogP contribution < -0.4 is 0 Å². The monoisotopic (exact) mass is 472 g/mol. The second kappa shape index (κ2) is 8.66. The summed E-state index contributed by atoms with van der Waals surface area (Å²) in [5.74, 6) is 3.35. The van der Waals surface area contributed by atoms with Gasteiger partial charge in [-0.3, -0.25) is 0 Å². The zero-order chi connectivity index (χ0) is 23.5. The van der Waals surface area contributed by atoms with Crippen molar-refractivity contribution in [2.45, 2.75) is 96.8 Å². The maximum atomic E-state index is 13.3. The fourth-order valence-electron chi connectivity index (χ4n) is 8.27. The summed E-state index contributed by atoms with van der Waals surface area (Å²) in [6.07, 6.45) is 16.6. The molecule has 8 atom stereocenters. The van der Waals surface area contributed by atoms with Crippen LogP contribution in [0.2, 0.25) is 0 Å². The molecule has 0 aromatic heterocycles. The molecule has 0 aromatic carbocycles. The van der Waals surface area contributed by atoms with E-state index >= 15 is 0 Å². The van der Waals surface area contributed by atoms with Crippen molar-refractivity contribution in [3.63, 3.8) is 0 Å². The lowest BCUT2D eigenvalue weighted by molar-refractivity contribution is 0.111. The highest BCUT2D eigenvalue weighted by Gasteiger charge is 2.51. The first kappa shape index (κ1) is 23.9. The Morgan fingerprint density at radius 3 is 2.58 bits per heavy atom. The largest absolute Gasteiger partial charge is 0.389 e. The van der Waals surface area contributed by atoms with Gasteiger partial charge in [-0.05, 0) is 104 Å². The molecule has 5 aliphatic rings. The molecule has 0 spiro atoms. The van der Waals surface area contributed by atoms with E-state index in [2.05, 4.69) is 45.9 Å². The molecule has 0 unspecified atom stereocenters. The Morgan fingerprint density at radius 2 is 1.85 bits per heavy atom. The van der Waals surface area contributed by atoms with Gasteiger partial charge < -0.3 is 5.11 Å². The van der Waals surface area contributed by atoms with Gasteiger partial charge in [0.15, 0.2) is 9.84 Å². The van der Waals surface area contributed by atoms with Crippen LogP contribution in [0.1, 0.15) is 85.5 Å². The molecule has 0 radical (unpaired) electrons. The van der Waals surface area contributed by atoms with Crippen molar-refractivity contribution in [3.05, 3.63) is 34.9 Å². The number of fused-ring (bicyclic) bond motifs is 1. The molecule has 0 saturated heterocycles. The number of allylic oxidation sites excluding steroid dienone is 2. The van der Waals surface area contributed by atoms with E-state index in [1.54, 1.807) is 0 Å². The number of aliphatic hydroxyl groups is 1. The van der Waals surface area contributed by atoms with Gasteiger partial charge in [-0.15, -0.1) is 0 Å². The van der Waals surface area contributed by atoms with E-state index in [0.29, 0.717) is 41.3 Å². The SMILES string of the molecule is C[C@@H]1CC2=C(CS(=O)(=O)[C@H]2/C=C2\CCC[C@@]3(C)[C@H]2CC[C@H]3[C@H](C)/C=C/[C@H](O)C2CC2)[C@@H](C)C1. The lowest BCUT2D eigenvalue weighted by Crippen LogP contribution is -2.36. The molecule has 1 aliphatic heterocycles. The van der Waals surface area contributed by atoms with Crippen molar-refractivity contribution in [1.82, 2.24) is 0 Å². The minimum absolute atomic E-state index is 0.241. The Bertz CT molecular complexity index is 969. The van der Waals surface area contributed by atoms with Crippen LogP contribution in [0, 0.1) is 40.9 Å². The summed E-state index contributed by atoms with van der Waals surface area (Å²) in [7, 11) is -3.11. The molecule has 184 valence electrons. The van der Waals surface area contributed by atoms with Crippen LogP contribution in [0.3, 0.4) is 0 Å². The summed E-state index contributed by atoms with van der Waals surface area (Å²) >= 11 is 0. The molecule has 0 bridgehead atoms. The van der Waals surface area contributed by atoms with Gasteiger partial charge in [-0.2, -0.15) is 0 Å². The Labute approximate surface area is 201 Å². The average molecular weight is 473 g/mol. The van der Waals surface area contributed by atoms with Gasteiger partial charge in [0.25, 0.3) is 0 Å². The van der Waals surface area contributed by atoms with E-state index in [-0.39, 0.29) is 16.8 Å². The van der Waals surface area contributed by atoms with Gasteiger partial charge in [0.05, 0.1) is 11.9 Å². The lowest BCUT2D eigenvalue weighted by atomic mass is 9.61. The van der Waals surface area contributed by atoms with E-state index in [0.717, 1.165) is 32.1 Å². The van der Waals surface area contributed by atoms with Crippen molar-refractivity contribution in [3.8, 4) is 0 Å². The third-order valence-electron chi connectivity index (χ3n) is 10.2. The van der Waals surface area contributed by atoms with Crippen LogP contribution in [0.25, 0.3) is 0 Å². The van der Waals surface area contributed by atoms with E-state index in [4.69, 9.17) is 0 Å². The molecule has 33 heavy (non-hydrogen) atoms. The fourth-order valence-corrected chi connectivity index (χ4v) is 10.4.